The van der Waals surface area contributed by atoms with Crippen LogP contribution in [0.3, 0.4) is 0 Å². The van der Waals surface area contributed by atoms with E-state index >= 15 is 0 Å². The van der Waals surface area contributed by atoms with Gasteiger partial charge in [0.15, 0.2) is 0 Å². The van der Waals surface area contributed by atoms with E-state index in [4.69, 9.17) is 0 Å². The van der Waals surface area contributed by atoms with Gasteiger partial charge >= 0.3 is 0 Å². The van der Waals surface area contributed by atoms with Gasteiger partial charge in [0.25, 0.3) is 0 Å². The van der Waals surface area contributed by atoms with Crippen molar-refractivity contribution in [3.63, 3.8) is 0 Å². The van der Waals surface area contributed by atoms with Crippen LogP contribution in [0, 0.1) is 6.92 Å². The number of thiophene rings is 1. The predicted octanol–water partition coefficient (Wildman–Crippen LogP) is 2.73. The summed E-state index contributed by atoms with van der Waals surface area (Å²) in [6.07, 6.45) is 4.59. The largest absolute Gasteiger partial charge is 0.342 e. The molecule has 3 rings (SSSR count). The van der Waals surface area contributed by atoms with E-state index in [0.717, 1.165) is 31.5 Å². The molecule has 1 fully saturated rings. The number of amides is 1. The molecule has 4 nitrogen and oxygen atoms in total. The number of H-pyrrole nitrogens is 1. The number of rotatable bonds is 3. The molecule has 1 N–H and O–H groups in total. The van der Waals surface area contributed by atoms with E-state index in [0.29, 0.717) is 12.3 Å². The second kappa shape index (κ2) is 5.79. The smallest absolute Gasteiger partial charge is 0.227 e. The third-order valence-electron chi connectivity index (χ3n) is 3.99. The van der Waals surface area contributed by atoms with Gasteiger partial charge in [-0.3, -0.25) is 9.89 Å². The van der Waals surface area contributed by atoms with Gasteiger partial charge < -0.3 is 4.90 Å². The molecule has 3 heterocycles. The highest BCUT2D eigenvalue weighted by atomic mass is 32.1. The van der Waals surface area contributed by atoms with Crippen LogP contribution in [0.1, 0.15) is 35.6 Å². The van der Waals surface area contributed by atoms with E-state index in [-0.39, 0.29) is 5.91 Å². The van der Waals surface area contributed by atoms with Gasteiger partial charge in [0.1, 0.15) is 0 Å². The van der Waals surface area contributed by atoms with Crippen LogP contribution >= 0.6 is 11.3 Å². The second-order valence-corrected chi connectivity index (χ2v) is 6.23. The van der Waals surface area contributed by atoms with Crippen molar-refractivity contribution in [2.75, 3.05) is 13.1 Å². The maximum atomic E-state index is 12.4. The molecule has 0 spiro atoms. The van der Waals surface area contributed by atoms with Crippen LogP contribution in [0.5, 0.6) is 0 Å². The van der Waals surface area contributed by atoms with Gasteiger partial charge in [-0.15, -0.1) is 0 Å². The first-order valence-electron chi connectivity index (χ1n) is 7.03. The van der Waals surface area contributed by atoms with Crippen molar-refractivity contribution in [1.82, 2.24) is 15.1 Å². The number of nitrogens with one attached hydrogen (secondary N) is 1. The van der Waals surface area contributed by atoms with Crippen molar-refractivity contribution in [1.29, 1.82) is 0 Å². The van der Waals surface area contributed by atoms with E-state index in [1.54, 1.807) is 11.3 Å². The summed E-state index contributed by atoms with van der Waals surface area (Å²) in [5.74, 6) is 0.642. The fourth-order valence-electron chi connectivity index (χ4n) is 2.89. The summed E-state index contributed by atoms with van der Waals surface area (Å²) < 4.78 is 0. The van der Waals surface area contributed by atoms with E-state index in [1.807, 2.05) is 22.5 Å². The number of aryl methyl sites for hydroxylation is 1. The molecule has 20 heavy (non-hydrogen) atoms. The Labute approximate surface area is 122 Å². The van der Waals surface area contributed by atoms with E-state index < -0.39 is 0 Å². The number of nitrogens with zero attached hydrogens (tertiary/aromatic N) is 2. The number of carbonyl (C=O) groups excluding carboxylic acids is 1. The number of aromatic amines is 1. The van der Waals surface area contributed by atoms with Gasteiger partial charge in [0.2, 0.25) is 5.91 Å². The Hall–Kier alpha value is -1.62. The molecule has 0 aliphatic carbocycles. The first kappa shape index (κ1) is 13.4. The SMILES string of the molecule is Cc1cn[nH]c1[C@H]1CCCN(C(=O)Cc2ccsc2)C1. The van der Waals surface area contributed by atoms with Crippen molar-refractivity contribution in [3.05, 3.63) is 39.8 Å². The van der Waals surface area contributed by atoms with Crippen LogP contribution in [0.15, 0.2) is 23.0 Å². The average molecular weight is 289 g/mol. The summed E-state index contributed by atoms with van der Waals surface area (Å²) in [5.41, 5.74) is 3.51. The summed E-state index contributed by atoms with van der Waals surface area (Å²) in [4.78, 5) is 14.4. The van der Waals surface area contributed by atoms with Crippen molar-refractivity contribution in [2.24, 2.45) is 0 Å². The molecule has 2 aromatic heterocycles. The van der Waals surface area contributed by atoms with Gasteiger partial charge in [0, 0.05) is 24.7 Å². The zero-order valence-electron chi connectivity index (χ0n) is 11.6. The third-order valence-corrected chi connectivity index (χ3v) is 4.72. The Morgan fingerprint density at radius 3 is 3.20 bits per heavy atom. The van der Waals surface area contributed by atoms with Crippen LogP contribution < -0.4 is 0 Å². The molecular formula is C15H19N3OS. The Bertz CT molecular complexity index is 576. The van der Waals surface area contributed by atoms with Gasteiger partial charge in [-0.2, -0.15) is 16.4 Å². The average Bonchev–Trinajstić information content (AvgIpc) is 3.10. The number of hydrogen-bond acceptors (Lipinski definition) is 3. The Balaban J connectivity index is 1.66. The van der Waals surface area contributed by atoms with Gasteiger partial charge in [0.05, 0.1) is 12.6 Å². The quantitative estimate of drug-likeness (QED) is 0.944. The first-order chi connectivity index (χ1) is 9.74. The predicted molar refractivity (Wildman–Crippen MR) is 79.9 cm³/mol. The van der Waals surface area contributed by atoms with Gasteiger partial charge in [-0.05, 0) is 47.7 Å². The minimum absolute atomic E-state index is 0.241. The Morgan fingerprint density at radius 2 is 2.50 bits per heavy atom. The lowest BCUT2D eigenvalue weighted by molar-refractivity contribution is -0.131. The highest BCUT2D eigenvalue weighted by molar-refractivity contribution is 7.07. The molecule has 0 aromatic carbocycles. The van der Waals surface area contributed by atoms with Crippen molar-refractivity contribution >= 4 is 17.2 Å². The van der Waals surface area contributed by atoms with Crippen molar-refractivity contribution in [3.8, 4) is 0 Å². The molecule has 1 aliphatic rings. The van der Waals surface area contributed by atoms with Gasteiger partial charge in [-0.1, -0.05) is 0 Å². The normalized spacial score (nSPS) is 19.2. The van der Waals surface area contributed by atoms with Crippen LogP contribution in [0.25, 0.3) is 0 Å². The zero-order chi connectivity index (χ0) is 13.9. The molecule has 0 saturated carbocycles. The second-order valence-electron chi connectivity index (χ2n) is 5.45. The standard InChI is InChI=1S/C15H19N3OS/c1-11-8-16-17-15(11)13-3-2-5-18(9-13)14(19)7-12-4-6-20-10-12/h4,6,8,10,13H,2-3,5,7,9H2,1H3,(H,16,17)/t13-/m0/s1. The van der Waals surface area contributed by atoms with Crippen LogP contribution in [0.4, 0.5) is 0 Å². The molecule has 1 amide bonds. The lowest BCUT2D eigenvalue weighted by atomic mass is 9.92. The molecule has 1 saturated heterocycles. The molecule has 0 bridgehead atoms. The number of likely N-dealkylation sites (tertiary alicyclic amines) is 1. The highest BCUT2D eigenvalue weighted by Gasteiger charge is 2.26. The maximum Gasteiger partial charge on any atom is 0.227 e. The van der Waals surface area contributed by atoms with Crippen LogP contribution in [-0.4, -0.2) is 34.1 Å². The maximum absolute atomic E-state index is 12.4. The summed E-state index contributed by atoms with van der Waals surface area (Å²) in [6.45, 7) is 3.77. The highest BCUT2D eigenvalue weighted by Crippen LogP contribution is 2.27. The Morgan fingerprint density at radius 1 is 1.60 bits per heavy atom. The molecule has 0 unspecified atom stereocenters. The van der Waals surface area contributed by atoms with Crippen LogP contribution in [-0.2, 0) is 11.2 Å². The minimum atomic E-state index is 0.241. The zero-order valence-corrected chi connectivity index (χ0v) is 12.4. The number of carbonyl (C=O) groups is 1. The van der Waals surface area contributed by atoms with Crippen molar-refractivity contribution < 1.29 is 4.79 Å². The summed E-state index contributed by atoms with van der Waals surface area (Å²) in [5, 5.41) is 11.3. The summed E-state index contributed by atoms with van der Waals surface area (Å²) in [6, 6.07) is 2.03. The first-order valence-corrected chi connectivity index (χ1v) is 7.97. The Kier molecular flexibility index (Phi) is 3.87. The topological polar surface area (TPSA) is 49.0 Å². The molecule has 5 heteroatoms. The number of aromatic nitrogens is 2. The fourth-order valence-corrected chi connectivity index (χ4v) is 3.56. The number of piperidine rings is 1. The lowest BCUT2D eigenvalue weighted by Crippen LogP contribution is -2.40. The summed E-state index contributed by atoms with van der Waals surface area (Å²) in [7, 11) is 0. The van der Waals surface area contributed by atoms with E-state index in [1.165, 1.54) is 11.3 Å². The molecule has 2 aromatic rings. The number of hydrogen-bond donors (Lipinski definition) is 1. The van der Waals surface area contributed by atoms with Crippen LogP contribution in [0.2, 0.25) is 0 Å². The fraction of sp³-hybridized carbons (Fsp3) is 0.467. The molecule has 1 aliphatic heterocycles. The monoisotopic (exact) mass is 289 g/mol. The van der Waals surface area contributed by atoms with E-state index in [2.05, 4.69) is 22.5 Å². The van der Waals surface area contributed by atoms with Crippen molar-refractivity contribution in [2.45, 2.75) is 32.1 Å². The van der Waals surface area contributed by atoms with Gasteiger partial charge in [-0.25, -0.2) is 0 Å². The molecule has 0 radical (unpaired) electrons. The third kappa shape index (κ3) is 2.77. The van der Waals surface area contributed by atoms with E-state index in [9.17, 15) is 4.79 Å². The minimum Gasteiger partial charge on any atom is -0.342 e. The lowest BCUT2D eigenvalue weighted by Gasteiger charge is -2.32. The molecular weight excluding hydrogens is 270 g/mol. The summed E-state index contributed by atoms with van der Waals surface area (Å²) >= 11 is 1.64. The molecule has 1 atom stereocenters. The molecule has 106 valence electrons.